The van der Waals surface area contributed by atoms with E-state index >= 15 is 0 Å². The van der Waals surface area contributed by atoms with Gasteiger partial charge in [0.1, 0.15) is 0 Å². The molecule has 1 aromatic carbocycles. The Hall–Kier alpha value is -1.55. The van der Waals surface area contributed by atoms with E-state index in [9.17, 15) is 9.90 Å². The first-order valence-corrected chi connectivity index (χ1v) is 8.73. The SMILES string of the molecule is CC(O)CC(CNC(=O)NCC1(C)CCCC1)c1ccccc1. The van der Waals surface area contributed by atoms with E-state index in [4.69, 9.17) is 0 Å². The first-order chi connectivity index (χ1) is 11.0. The highest BCUT2D eigenvalue weighted by Crippen LogP contribution is 2.36. The molecule has 4 nitrogen and oxygen atoms in total. The molecule has 1 aliphatic carbocycles. The predicted octanol–water partition coefficient (Wildman–Crippen LogP) is 3.42. The molecule has 0 aromatic heterocycles. The zero-order valence-electron chi connectivity index (χ0n) is 14.3. The van der Waals surface area contributed by atoms with Crippen LogP contribution in [0.1, 0.15) is 57.4 Å². The number of hydrogen-bond donors (Lipinski definition) is 3. The number of aliphatic hydroxyl groups is 1. The topological polar surface area (TPSA) is 61.4 Å². The van der Waals surface area contributed by atoms with Crippen molar-refractivity contribution in [3.8, 4) is 0 Å². The summed E-state index contributed by atoms with van der Waals surface area (Å²) in [6.07, 6.45) is 5.18. The quantitative estimate of drug-likeness (QED) is 0.721. The third-order valence-electron chi connectivity index (χ3n) is 4.89. The van der Waals surface area contributed by atoms with Crippen LogP contribution in [0.2, 0.25) is 0 Å². The van der Waals surface area contributed by atoms with Crippen LogP contribution in [0.4, 0.5) is 4.79 Å². The normalized spacial score (nSPS) is 19.1. The van der Waals surface area contributed by atoms with Gasteiger partial charge in [-0.3, -0.25) is 0 Å². The van der Waals surface area contributed by atoms with E-state index in [0.29, 0.717) is 13.0 Å². The van der Waals surface area contributed by atoms with Gasteiger partial charge in [0.2, 0.25) is 0 Å². The van der Waals surface area contributed by atoms with Crippen molar-refractivity contribution in [2.75, 3.05) is 13.1 Å². The molecule has 2 unspecified atom stereocenters. The van der Waals surface area contributed by atoms with Crippen LogP contribution in [0.15, 0.2) is 30.3 Å². The average Bonchev–Trinajstić information content (AvgIpc) is 2.97. The Kier molecular flexibility index (Phi) is 6.46. The smallest absolute Gasteiger partial charge is 0.314 e. The molecule has 0 aliphatic heterocycles. The number of carbonyl (C=O) groups excluding carboxylic acids is 1. The van der Waals surface area contributed by atoms with Crippen LogP contribution < -0.4 is 10.6 Å². The Morgan fingerprint density at radius 3 is 2.48 bits per heavy atom. The molecule has 0 radical (unpaired) electrons. The molecule has 2 atom stereocenters. The lowest BCUT2D eigenvalue weighted by Gasteiger charge is -2.24. The molecule has 1 aliphatic rings. The summed E-state index contributed by atoms with van der Waals surface area (Å²) in [6, 6.07) is 9.95. The fourth-order valence-corrected chi connectivity index (χ4v) is 3.45. The number of nitrogens with one attached hydrogen (secondary N) is 2. The van der Waals surface area contributed by atoms with Crippen molar-refractivity contribution in [2.24, 2.45) is 5.41 Å². The summed E-state index contributed by atoms with van der Waals surface area (Å²) in [6.45, 7) is 5.32. The van der Waals surface area contributed by atoms with Crippen molar-refractivity contribution >= 4 is 6.03 Å². The lowest BCUT2D eigenvalue weighted by Crippen LogP contribution is -2.42. The van der Waals surface area contributed by atoms with Crippen LogP contribution in [0.25, 0.3) is 0 Å². The molecule has 2 rings (SSSR count). The van der Waals surface area contributed by atoms with Gasteiger partial charge in [-0.1, -0.05) is 50.1 Å². The average molecular weight is 318 g/mol. The van der Waals surface area contributed by atoms with Gasteiger partial charge in [-0.15, -0.1) is 0 Å². The van der Waals surface area contributed by atoms with Crippen LogP contribution in [-0.2, 0) is 0 Å². The third-order valence-corrected chi connectivity index (χ3v) is 4.89. The molecular weight excluding hydrogens is 288 g/mol. The molecular formula is C19H30N2O2. The number of carbonyl (C=O) groups is 1. The molecule has 0 bridgehead atoms. The summed E-state index contributed by atoms with van der Waals surface area (Å²) < 4.78 is 0. The van der Waals surface area contributed by atoms with E-state index in [1.165, 1.54) is 25.7 Å². The Balaban J connectivity index is 1.81. The maximum Gasteiger partial charge on any atom is 0.314 e. The van der Waals surface area contributed by atoms with Gasteiger partial charge < -0.3 is 15.7 Å². The number of hydrogen-bond acceptors (Lipinski definition) is 2. The van der Waals surface area contributed by atoms with Gasteiger partial charge in [-0.05, 0) is 37.2 Å². The highest BCUT2D eigenvalue weighted by Gasteiger charge is 2.28. The summed E-state index contributed by atoms with van der Waals surface area (Å²) in [4.78, 5) is 12.1. The Morgan fingerprint density at radius 2 is 1.87 bits per heavy atom. The summed E-state index contributed by atoms with van der Waals surface area (Å²) in [5, 5.41) is 15.7. The second-order valence-corrected chi connectivity index (χ2v) is 7.27. The summed E-state index contributed by atoms with van der Waals surface area (Å²) in [7, 11) is 0. The number of benzene rings is 1. The lowest BCUT2D eigenvalue weighted by atomic mass is 9.89. The van der Waals surface area contributed by atoms with Gasteiger partial charge in [0.05, 0.1) is 6.10 Å². The Morgan fingerprint density at radius 1 is 1.22 bits per heavy atom. The van der Waals surface area contributed by atoms with Crippen molar-refractivity contribution in [3.05, 3.63) is 35.9 Å². The van der Waals surface area contributed by atoms with Gasteiger partial charge in [0, 0.05) is 19.0 Å². The van der Waals surface area contributed by atoms with Crippen molar-refractivity contribution in [2.45, 2.75) is 58.0 Å². The van der Waals surface area contributed by atoms with E-state index in [-0.39, 0.29) is 23.5 Å². The minimum absolute atomic E-state index is 0.107. The van der Waals surface area contributed by atoms with Crippen molar-refractivity contribution in [3.63, 3.8) is 0 Å². The zero-order chi connectivity index (χ0) is 16.7. The molecule has 2 amide bonds. The number of aliphatic hydroxyl groups excluding tert-OH is 1. The summed E-state index contributed by atoms with van der Waals surface area (Å²) in [5.74, 6) is 0.129. The first-order valence-electron chi connectivity index (χ1n) is 8.73. The molecule has 23 heavy (non-hydrogen) atoms. The van der Waals surface area contributed by atoms with Crippen LogP contribution in [-0.4, -0.2) is 30.3 Å². The summed E-state index contributed by atoms with van der Waals surface area (Å²) in [5.41, 5.74) is 1.41. The second kappa shape index (κ2) is 8.34. The van der Waals surface area contributed by atoms with Crippen LogP contribution >= 0.6 is 0 Å². The van der Waals surface area contributed by atoms with E-state index in [1.54, 1.807) is 6.92 Å². The van der Waals surface area contributed by atoms with Crippen LogP contribution in [0.3, 0.4) is 0 Å². The van der Waals surface area contributed by atoms with Gasteiger partial charge in [0.25, 0.3) is 0 Å². The maximum atomic E-state index is 12.1. The molecule has 1 saturated carbocycles. The highest BCUT2D eigenvalue weighted by atomic mass is 16.3. The molecule has 0 heterocycles. The van der Waals surface area contributed by atoms with Gasteiger partial charge in [0.15, 0.2) is 0 Å². The first kappa shape index (κ1) is 17.8. The Bertz CT molecular complexity index is 481. The van der Waals surface area contributed by atoms with E-state index in [2.05, 4.69) is 17.6 Å². The van der Waals surface area contributed by atoms with E-state index < -0.39 is 0 Å². The number of rotatable bonds is 7. The largest absolute Gasteiger partial charge is 0.393 e. The minimum atomic E-state index is -0.387. The monoisotopic (exact) mass is 318 g/mol. The van der Waals surface area contributed by atoms with Crippen molar-refractivity contribution in [1.29, 1.82) is 0 Å². The second-order valence-electron chi connectivity index (χ2n) is 7.27. The van der Waals surface area contributed by atoms with E-state index in [1.807, 2.05) is 30.3 Å². The van der Waals surface area contributed by atoms with Crippen LogP contribution in [0.5, 0.6) is 0 Å². The fourth-order valence-electron chi connectivity index (χ4n) is 3.45. The third kappa shape index (κ3) is 5.87. The molecule has 1 aromatic rings. The van der Waals surface area contributed by atoms with Crippen molar-refractivity contribution < 1.29 is 9.90 Å². The number of amides is 2. The number of urea groups is 1. The highest BCUT2D eigenvalue weighted by molar-refractivity contribution is 5.73. The fraction of sp³-hybridized carbons (Fsp3) is 0.632. The van der Waals surface area contributed by atoms with E-state index in [0.717, 1.165) is 12.1 Å². The van der Waals surface area contributed by atoms with Gasteiger partial charge in [-0.25, -0.2) is 4.79 Å². The molecule has 0 saturated heterocycles. The standard InChI is InChI=1S/C19H30N2O2/c1-15(22)12-17(16-8-4-3-5-9-16)13-20-18(23)21-14-19(2)10-6-7-11-19/h3-5,8-9,15,17,22H,6-7,10-14H2,1-2H3,(H2,20,21,23). The molecule has 0 spiro atoms. The van der Waals surface area contributed by atoms with Crippen molar-refractivity contribution in [1.82, 2.24) is 10.6 Å². The van der Waals surface area contributed by atoms with Gasteiger partial charge >= 0.3 is 6.03 Å². The predicted molar refractivity (Wildman–Crippen MR) is 93.5 cm³/mol. The summed E-state index contributed by atoms with van der Waals surface area (Å²) >= 11 is 0. The zero-order valence-corrected chi connectivity index (χ0v) is 14.3. The molecule has 4 heteroatoms. The Labute approximate surface area is 139 Å². The van der Waals surface area contributed by atoms with Crippen LogP contribution in [0, 0.1) is 5.41 Å². The maximum absolute atomic E-state index is 12.1. The molecule has 128 valence electrons. The minimum Gasteiger partial charge on any atom is -0.393 e. The molecule has 3 N–H and O–H groups in total. The molecule has 1 fully saturated rings. The van der Waals surface area contributed by atoms with Gasteiger partial charge in [-0.2, -0.15) is 0 Å². The lowest BCUT2D eigenvalue weighted by molar-refractivity contribution is 0.173.